The summed E-state index contributed by atoms with van der Waals surface area (Å²) in [7, 11) is -3.69. The number of aliphatic hydroxyl groups is 2. The van der Waals surface area contributed by atoms with Crippen molar-refractivity contribution in [3.05, 3.63) is 21.8 Å². The van der Waals surface area contributed by atoms with E-state index in [2.05, 4.69) is 31.1 Å². The molecular weight excluding hydrogens is 253 g/mol. The standard InChI is InChI=1S/C6H14N5O5P/c7-11-10-6-4(12)1-3(2-5(6)13)17(14,15-8)16-9/h1,4-6,12-13H,2H2,8-9H3/q+2/t4-,5+,6+/m0/s1. The lowest BCUT2D eigenvalue weighted by Gasteiger charge is -2.28. The highest BCUT2D eigenvalue weighted by molar-refractivity contribution is 7.58. The van der Waals surface area contributed by atoms with Crippen molar-refractivity contribution in [3.8, 4) is 0 Å². The molecule has 0 saturated carbocycles. The Bertz CT molecular complexity index is 400. The van der Waals surface area contributed by atoms with Gasteiger partial charge in [0, 0.05) is 11.3 Å². The first-order chi connectivity index (χ1) is 7.98. The summed E-state index contributed by atoms with van der Waals surface area (Å²) >= 11 is 0. The highest BCUT2D eigenvalue weighted by Crippen LogP contribution is 2.55. The van der Waals surface area contributed by atoms with Crippen LogP contribution in [0.4, 0.5) is 0 Å². The van der Waals surface area contributed by atoms with Gasteiger partial charge in [-0.25, -0.2) is 16.4 Å². The van der Waals surface area contributed by atoms with Gasteiger partial charge in [0.15, 0.2) is 0 Å². The van der Waals surface area contributed by atoms with E-state index in [1.165, 1.54) is 0 Å². The second-order valence-corrected chi connectivity index (χ2v) is 5.46. The van der Waals surface area contributed by atoms with Gasteiger partial charge < -0.3 is 10.2 Å². The molecule has 1 aliphatic carbocycles. The zero-order chi connectivity index (χ0) is 13.1. The fourth-order valence-corrected chi connectivity index (χ4v) is 2.69. The maximum absolute atomic E-state index is 11.9. The van der Waals surface area contributed by atoms with E-state index in [-0.39, 0.29) is 11.7 Å². The van der Waals surface area contributed by atoms with Crippen molar-refractivity contribution < 1.29 is 35.8 Å². The third-order valence-electron chi connectivity index (χ3n) is 2.40. The van der Waals surface area contributed by atoms with Crippen LogP contribution in [0.2, 0.25) is 0 Å². The Morgan fingerprint density at radius 1 is 1.53 bits per heavy atom. The molecular formula is C6H14N5O5P+2. The van der Waals surface area contributed by atoms with Gasteiger partial charge in [0.25, 0.3) is 0 Å². The van der Waals surface area contributed by atoms with Crippen LogP contribution in [0.5, 0.6) is 0 Å². The second-order valence-electron chi connectivity index (χ2n) is 3.37. The van der Waals surface area contributed by atoms with Gasteiger partial charge in [-0.15, -0.1) is 9.25 Å². The average molecular weight is 267 g/mol. The zero-order valence-electron chi connectivity index (χ0n) is 8.84. The lowest BCUT2D eigenvalue weighted by atomic mass is 9.97. The van der Waals surface area contributed by atoms with Crippen LogP contribution in [0.25, 0.3) is 10.4 Å². The van der Waals surface area contributed by atoms with Crippen molar-refractivity contribution in [1.29, 1.82) is 0 Å². The van der Waals surface area contributed by atoms with E-state index in [1.807, 2.05) is 0 Å². The van der Waals surface area contributed by atoms with Gasteiger partial charge in [-0.1, -0.05) is 5.11 Å². The molecule has 0 amide bonds. The number of quaternary nitrogens is 2. The smallest absolute Gasteiger partial charge is 0.392 e. The van der Waals surface area contributed by atoms with E-state index < -0.39 is 25.8 Å². The summed E-state index contributed by atoms with van der Waals surface area (Å²) in [6, 6.07) is -1.04. The lowest BCUT2D eigenvalue weighted by molar-refractivity contribution is -0.677. The molecule has 1 rings (SSSR count). The second kappa shape index (κ2) is 5.58. The summed E-state index contributed by atoms with van der Waals surface area (Å²) in [5.41, 5.74) is 8.26. The molecule has 0 aromatic rings. The number of hydrogen-bond donors (Lipinski definition) is 4. The summed E-state index contributed by atoms with van der Waals surface area (Å²) in [6.45, 7) is 0. The average Bonchev–Trinajstić information content (AvgIpc) is 2.32. The molecule has 0 spiro atoms. The Balaban J connectivity index is 3.04. The van der Waals surface area contributed by atoms with E-state index in [9.17, 15) is 14.8 Å². The maximum atomic E-state index is 11.9. The van der Waals surface area contributed by atoms with Gasteiger partial charge >= 0.3 is 7.60 Å². The molecule has 17 heavy (non-hydrogen) atoms. The molecule has 8 N–H and O–H groups in total. The first-order valence-electron chi connectivity index (χ1n) is 4.57. The summed E-state index contributed by atoms with van der Waals surface area (Å²) in [5.74, 6) is 5.99. The Labute approximate surface area is 95.9 Å². The molecule has 1 aliphatic rings. The highest BCUT2D eigenvalue weighted by Gasteiger charge is 2.41. The van der Waals surface area contributed by atoms with E-state index in [0.29, 0.717) is 0 Å². The topological polar surface area (TPSA) is 180 Å². The molecule has 0 unspecified atom stereocenters. The van der Waals surface area contributed by atoms with Crippen molar-refractivity contribution in [1.82, 2.24) is 0 Å². The first-order valence-corrected chi connectivity index (χ1v) is 6.12. The molecule has 0 aromatic heterocycles. The minimum atomic E-state index is -3.69. The molecule has 0 saturated heterocycles. The predicted molar refractivity (Wildman–Crippen MR) is 53.2 cm³/mol. The van der Waals surface area contributed by atoms with Crippen molar-refractivity contribution in [2.24, 2.45) is 5.11 Å². The molecule has 10 nitrogen and oxygen atoms in total. The van der Waals surface area contributed by atoms with E-state index in [1.54, 1.807) is 0 Å². The van der Waals surface area contributed by atoms with Crippen molar-refractivity contribution in [3.63, 3.8) is 0 Å². The minimum absolute atomic E-state index is 0.0480. The SMILES string of the molecule is [N-]=[N+]=N[C@H]1[C@H](O)CC(P(=O)(O[NH3+])O[NH3+])=C[C@@H]1O. The van der Waals surface area contributed by atoms with Gasteiger partial charge in [-0.3, -0.25) is 0 Å². The molecule has 0 aromatic carbocycles. The Morgan fingerprint density at radius 3 is 2.53 bits per heavy atom. The van der Waals surface area contributed by atoms with E-state index >= 15 is 0 Å². The number of nitrogens with zero attached hydrogens (tertiary/aromatic N) is 3. The summed E-state index contributed by atoms with van der Waals surface area (Å²) in [6.07, 6.45) is -1.42. The molecule has 0 heterocycles. The van der Waals surface area contributed by atoms with Crippen LogP contribution in [-0.2, 0) is 13.8 Å². The zero-order valence-corrected chi connectivity index (χ0v) is 9.73. The molecule has 0 radical (unpaired) electrons. The Hall–Kier alpha value is -0.960. The van der Waals surface area contributed by atoms with Crippen LogP contribution in [-0.4, -0.2) is 28.5 Å². The van der Waals surface area contributed by atoms with Crippen LogP contribution in [0.3, 0.4) is 0 Å². The van der Waals surface area contributed by atoms with Crippen LogP contribution in [0.15, 0.2) is 16.5 Å². The highest BCUT2D eigenvalue weighted by atomic mass is 31.2. The molecule has 0 bridgehead atoms. The Kier molecular flexibility index (Phi) is 4.63. The van der Waals surface area contributed by atoms with Gasteiger partial charge in [0.1, 0.15) is 0 Å². The molecule has 0 fully saturated rings. The monoisotopic (exact) mass is 267 g/mol. The normalized spacial score (nSPS) is 29.4. The van der Waals surface area contributed by atoms with Gasteiger partial charge in [-0.05, 0) is 11.6 Å². The number of azide groups is 1. The van der Waals surface area contributed by atoms with Gasteiger partial charge in [0.05, 0.1) is 23.6 Å². The van der Waals surface area contributed by atoms with Crippen LogP contribution in [0.1, 0.15) is 6.42 Å². The van der Waals surface area contributed by atoms with E-state index in [0.717, 1.165) is 6.08 Å². The lowest BCUT2D eigenvalue weighted by Crippen LogP contribution is -2.54. The van der Waals surface area contributed by atoms with Crippen LogP contribution < -0.4 is 11.8 Å². The maximum Gasteiger partial charge on any atom is 0.453 e. The molecule has 11 heteroatoms. The summed E-state index contributed by atoms with van der Waals surface area (Å²) in [5, 5.41) is 22.6. The summed E-state index contributed by atoms with van der Waals surface area (Å²) in [4.78, 5) is 2.51. The predicted octanol–water partition coefficient (Wildman–Crippen LogP) is -1.79. The van der Waals surface area contributed by atoms with Gasteiger partial charge in [-0.2, -0.15) is 0 Å². The third-order valence-corrected chi connectivity index (χ3v) is 4.12. The Morgan fingerprint density at radius 2 is 2.12 bits per heavy atom. The third kappa shape index (κ3) is 2.83. The number of rotatable bonds is 4. The fraction of sp³-hybridized carbons (Fsp3) is 0.667. The van der Waals surface area contributed by atoms with Gasteiger partial charge in [0.2, 0.25) is 0 Å². The largest absolute Gasteiger partial charge is 0.453 e. The summed E-state index contributed by atoms with van der Waals surface area (Å²) < 4.78 is 20.8. The van der Waals surface area contributed by atoms with Crippen LogP contribution in [0, 0.1) is 0 Å². The minimum Gasteiger partial charge on any atom is -0.392 e. The van der Waals surface area contributed by atoms with E-state index in [4.69, 9.17) is 5.53 Å². The van der Waals surface area contributed by atoms with Crippen molar-refractivity contribution in [2.45, 2.75) is 24.7 Å². The molecule has 96 valence electrons. The van der Waals surface area contributed by atoms with Crippen LogP contribution >= 0.6 is 7.60 Å². The molecule has 0 aliphatic heterocycles. The quantitative estimate of drug-likeness (QED) is 0.154. The van der Waals surface area contributed by atoms with Crippen molar-refractivity contribution in [2.75, 3.05) is 0 Å². The first kappa shape index (κ1) is 14.1. The molecule has 3 atom stereocenters. The fourth-order valence-electron chi connectivity index (χ4n) is 1.54. The van der Waals surface area contributed by atoms with Crippen molar-refractivity contribution >= 4 is 7.60 Å². The number of aliphatic hydroxyl groups excluding tert-OH is 2. The number of hydrogen-bond acceptors (Lipinski definition) is 6.